The quantitative estimate of drug-likeness (QED) is 0.892. The van der Waals surface area contributed by atoms with Crippen molar-refractivity contribution in [2.24, 2.45) is 0 Å². The van der Waals surface area contributed by atoms with Crippen molar-refractivity contribution >= 4 is 11.3 Å². The average Bonchev–Trinajstić information content (AvgIpc) is 3.16. The van der Waals surface area contributed by atoms with Gasteiger partial charge in [-0.2, -0.15) is 0 Å². The highest BCUT2D eigenvalue weighted by Gasteiger charge is 2.37. The van der Waals surface area contributed by atoms with Crippen LogP contribution in [0.15, 0.2) is 29.6 Å². The summed E-state index contributed by atoms with van der Waals surface area (Å²) in [4.78, 5) is 4.73. The molecule has 1 heterocycles. The lowest BCUT2D eigenvalue weighted by Gasteiger charge is -2.29. The van der Waals surface area contributed by atoms with Gasteiger partial charge in [0.15, 0.2) is 0 Å². The number of hydrogen-bond donors (Lipinski definition) is 2. The van der Waals surface area contributed by atoms with E-state index in [9.17, 15) is 5.11 Å². The standard InChI is InChI=1S/C17H20N2OS/c20-11-17(8-7-12-3-1-2-4-15(12)17)18-9-14-10-21-16(19-14)13-5-6-13/h1-4,10,13,18,20H,5-9,11H2. The Labute approximate surface area is 129 Å². The van der Waals surface area contributed by atoms with Crippen LogP contribution in [0.1, 0.15) is 47.0 Å². The van der Waals surface area contributed by atoms with Crippen LogP contribution in [-0.2, 0) is 18.5 Å². The van der Waals surface area contributed by atoms with E-state index in [4.69, 9.17) is 4.98 Å². The highest BCUT2D eigenvalue weighted by molar-refractivity contribution is 7.09. The van der Waals surface area contributed by atoms with Gasteiger partial charge in [0.1, 0.15) is 0 Å². The maximum Gasteiger partial charge on any atom is 0.0959 e. The van der Waals surface area contributed by atoms with Gasteiger partial charge in [0.25, 0.3) is 0 Å². The van der Waals surface area contributed by atoms with Crippen molar-refractivity contribution in [1.29, 1.82) is 0 Å². The summed E-state index contributed by atoms with van der Waals surface area (Å²) in [6.07, 6.45) is 4.60. The molecule has 0 bridgehead atoms. The first kappa shape index (κ1) is 13.4. The van der Waals surface area contributed by atoms with Crippen LogP contribution in [0.5, 0.6) is 0 Å². The molecule has 2 N–H and O–H groups in total. The van der Waals surface area contributed by atoms with Gasteiger partial charge < -0.3 is 5.11 Å². The van der Waals surface area contributed by atoms with Crippen molar-refractivity contribution in [3.05, 3.63) is 51.5 Å². The normalized spacial score (nSPS) is 24.2. The summed E-state index contributed by atoms with van der Waals surface area (Å²) in [5.74, 6) is 0.725. The van der Waals surface area contributed by atoms with Gasteiger partial charge in [-0.1, -0.05) is 24.3 Å². The molecule has 1 unspecified atom stereocenters. The number of aryl methyl sites for hydroxylation is 1. The van der Waals surface area contributed by atoms with Crippen LogP contribution in [0.25, 0.3) is 0 Å². The van der Waals surface area contributed by atoms with Crippen molar-refractivity contribution in [3.8, 4) is 0 Å². The zero-order valence-corrected chi connectivity index (χ0v) is 12.8. The molecule has 0 saturated heterocycles. The number of thiazole rings is 1. The number of benzene rings is 1. The number of aliphatic hydroxyl groups excluding tert-OH is 1. The average molecular weight is 300 g/mol. The summed E-state index contributed by atoms with van der Waals surface area (Å²) >= 11 is 1.78. The molecular formula is C17H20N2OS. The third-order valence-electron chi connectivity index (χ3n) is 4.73. The minimum atomic E-state index is -0.292. The summed E-state index contributed by atoms with van der Waals surface area (Å²) in [6.45, 7) is 0.877. The Morgan fingerprint density at radius 2 is 2.19 bits per heavy atom. The fourth-order valence-corrected chi connectivity index (χ4v) is 4.26. The molecule has 2 aliphatic rings. The first-order chi connectivity index (χ1) is 10.3. The van der Waals surface area contributed by atoms with E-state index in [1.165, 1.54) is 29.0 Å². The molecule has 1 aromatic heterocycles. The van der Waals surface area contributed by atoms with Crippen LogP contribution in [0.3, 0.4) is 0 Å². The number of aliphatic hydroxyl groups is 1. The lowest BCUT2D eigenvalue weighted by molar-refractivity contribution is 0.158. The topological polar surface area (TPSA) is 45.1 Å². The summed E-state index contributed by atoms with van der Waals surface area (Å²) in [6, 6.07) is 8.45. The van der Waals surface area contributed by atoms with Gasteiger partial charge in [-0.25, -0.2) is 4.98 Å². The smallest absolute Gasteiger partial charge is 0.0959 e. The van der Waals surface area contributed by atoms with E-state index < -0.39 is 0 Å². The summed E-state index contributed by atoms with van der Waals surface area (Å²) < 4.78 is 0. The van der Waals surface area contributed by atoms with Gasteiger partial charge >= 0.3 is 0 Å². The SMILES string of the molecule is OCC1(NCc2csc(C3CC3)n2)CCc2ccccc21. The van der Waals surface area contributed by atoms with Crippen molar-refractivity contribution in [1.82, 2.24) is 10.3 Å². The molecule has 1 saturated carbocycles. The van der Waals surface area contributed by atoms with Crippen molar-refractivity contribution in [3.63, 3.8) is 0 Å². The zero-order valence-electron chi connectivity index (χ0n) is 12.0. The molecule has 0 amide bonds. The van der Waals surface area contributed by atoms with E-state index in [1.54, 1.807) is 11.3 Å². The molecule has 1 fully saturated rings. The molecule has 1 aromatic carbocycles. The third kappa shape index (κ3) is 2.41. The van der Waals surface area contributed by atoms with Crippen molar-refractivity contribution in [2.75, 3.05) is 6.61 Å². The Bertz CT molecular complexity index is 650. The second-order valence-electron chi connectivity index (χ2n) is 6.20. The Kier molecular flexibility index (Phi) is 3.32. The van der Waals surface area contributed by atoms with Crippen LogP contribution >= 0.6 is 11.3 Å². The summed E-state index contributed by atoms with van der Waals surface area (Å²) in [5.41, 5.74) is 3.43. The van der Waals surface area contributed by atoms with E-state index >= 15 is 0 Å². The minimum absolute atomic E-state index is 0.142. The fourth-order valence-electron chi connectivity index (χ4n) is 3.27. The number of fused-ring (bicyclic) bond motifs is 1. The number of rotatable bonds is 5. The van der Waals surface area contributed by atoms with Gasteiger partial charge in [0.2, 0.25) is 0 Å². The minimum Gasteiger partial charge on any atom is -0.394 e. The molecule has 2 aliphatic carbocycles. The Balaban J connectivity index is 1.51. The van der Waals surface area contributed by atoms with E-state index in [0.29, 0.717) is 0 Å². The van der Waals surface area contributed by atoms with Crippen LogP contribution < -0.4 is 5.32 Å². The second kappa shape index (κ2) is 5.20. The van der Waals surface area contributed by atoms with E-state index in [1.807, 2.05) is 0 Å². The van der Waals surface area contributed by atoms with Gasteiger partial charge in [0, 0.05) is 17.8 Å². The second-order valence-corrected chi connectivity index (χ2v) is 7.09. The van der Waals surface area contributed by atoms with Crippen molar-refractivity contribution in [2.45, 2.75) is 43.7 Å². The van der Waals surface area contributed by atoms with Gasteiger partial charge in [0.05, 0.1) is 22.8 Å². The molecular weight excluding hydrogens is 280 g/mol. The summed E-state index contributed by atoms with van der Waals surface area (Å²) in [7, 11) is 0. The molecule has 110 valence electrons. The highest BCUT2D eigenvalue weighted by Crippen LogP contribution is 2.41. The maximum absolute atomic E-state index is 9.96. The number of hydrogen-bond acceptors (Lipinski definition) is 4. The molecule has 4 rings (SSSR count). The van der Waals surface area contributed by atoms with Crippen molar-refractivity contribution < 1.29 is 5.11 Å². The Hall–Kier alpha value is -1.23. The molecule has 3 nitrogen and oxygen atoms in total. The number of nitrogens with zero attached hydrogens (tertiary/aromatic N) is 1. The van der Waals surface area contributed by atoms with E-state index in [-0.39, 0.29) is 12.1 Å². The van der Waals surface area contributed by atoms with Crippen LogP contribution in [0.4, 0.5) is 0 Å². The third-order valence-corrected chi connectivity index (χ3v) is 5.78. The van der Waals surface area contributed by atoms with E-state index in [0.717, 1.165) is 31.0 Å². The lowest BCUT2D eigenvalue weighted by atomic mass is 9.92. The van der Waals surface area contributed by atoms with Crippen LogP contribution in [0, 0.1) is 0 Å². The molecule has 21 heavy (non-hydrogen) atoms. The Morgan fingerprint density at radius 1 is 1.33 bits per heavy atom. The first-order valence-electron chi connectivity index (χ1n) is 7.69. The van der Waals surface area contributed by atoms with Crippen LogP contribution in [0.2, 0.25) is 0 Å². The maximum atomic E-state index is 9.96. The largest absolute Gasteiger partial charge is 0.394 e. The molecule has 4 heteroatoms. The zero-order chi connectivity index (χ0) is 14.3. The lowest BCUT2D eigenvalue weighted by Crippen LogP contribution is -2.43. The Morgan fingerprint density at radius 3 is 3.00 bits per heavy atom. The molecule has 0 spiro atoms. The first-order valence-corrected chi connectivity index (χ1v) is 8.57. The highest BCUT2D eigenvalue weighted by atomic mass is 32.1. The van der Waals surface area contributed by atoms with E-state index in [2.05, 4.69) is 35.0 Å². The monoisotopic (exact) mass is 300 g/mol. The molecule has 1 atom stereocenters. The van der Waals surface area contributed by atoms with Gasteiger partial charge in [-0.05, 0) is 36.8 Å². The van der Waals surface area contributed by atoms with Gasteiger partial charge in [-0.3, -0.25) is 5.32 Å². The van der Waals surface area contributed by atoms with Crippen LogP contribution in [-0.4, -0.2) is 16.7 Å². The molecule has 0 radical (unpaired) electrons. The predicted molar refractivity (Wildman–Crippen MR) is 84.5 cm³/mol. The number of nitrogens with one attached hydrogen (secondary N) is 1. The summed E-state index contributed by atoms with van der Waals surface area (Å²) in [5, 5.41) is 17.0. The number of aromatic nitrogens is 1. The fraction of sp³-hybridized carbons (Fsp3) is 0.471. The molecule has 2 aromatic rings. The molecule has 0 aliphatic heterocycles. The van der Waals surface area contributed by atoms with Gasteiger partial charge in [-0.15, -0.1) is 11.3 Å². The predicted octanol–water partition coefficient (Wildman–Crippen LogP) is 2.94.